The molecule has 1 aliphatic rings. The molecule has 3 rings (SSSR count). The Morgan fingerprint density at radius 3 is 2.32 bits per heavy atom. The van der Waals surface area contributed by atoms with Gasteiger partial charge in [0.05, 0.1) is 28.7 Å². The zero-order valence-corrected chi connectivity index (χ0v) is 19.3. The first-order valence-corrected chi connectivity index (χ1v) is 12.1. The Morgan fingerprint density at radius 2 is 1.68 bits per heavy atom. The minimum Gasteiger partial charge on any atom is -0.462 e. The molecule has 182 valence electrons. The third kappa shape index (κ3) is 6.17. The molecule has 1 fully saturated rings. The maximum absolute atomic E-state index is 13.1. The van der Waals surface area contributed by atoms with Crippen molar-refractivity contribution in [3.05, 3.63) is 59.9 Å². The van der Waals surface area contributed by atoms with Crippen molar-refractivity contribution in [2.75, 3.05) is 31.6 Å². The van der Waals surface area contributed by atoms with Crippen molar-refractivity contribution < 1.29 is 36.7 Å². The fourth-order valence-electron chi connectivity index (χ4n) is 3.51. The second-order valence-corrected chi connectivity index (χ2v) is 9.49. The summed E-state index contributed by atoms with van der Waals surface area (Å²) in [5, 5.41) is 2.53. The summed E-state index contributed by atoms with van der Waals surface area (Å²) in [5.74, 6) is -2.90. The lowest BCUT2D eigenvalue weighted by atomic mass is 9.98. The zero-order chi connectivity index (χ0) is 24.7. The van der Waals surface area contributed by atoms with Crippen LogP contribution in [0.3, 0.4) is 0 Å². The average Bonchev–Trinajstić information content (AvgIpc) is 2.83. The summed E-state index contributed by atoms with van der Waals surface area (Å²) in [6, 6.07) is 10.9. The number of carbonyl (C=O) groups is 3. The van der Waals surface area contributed by atoms with Crippen LogP contribution in [-0.2, 0) is 29.1 Å². The molecule has 1 heterocycles. The van der Waals surface area contributed by atoms with E-state index in [1.54, 1.807) is 19.1 Å². The van der Waals surface area contributed by atoms with E-state index in [9.17, 15) is 27.2 Å². The topological polar surface area (TPSA) is 119 Å². The number of rotatable bonds is 8. The van der Waals surface area contributed by atoms with Crippen LogP contribution in [0.15, 0.2) is 53.4 Å². The van der Waals surface area contributed by atoms with E-state index >= 15 is 0 Å². The van der Waals surface area contributed by atoms with Gasteiger partial charge in [0.25, 0.3) is 5.91 Å². The maximum atomic E-state index is 13.1. The number of sulfonamides is 1. The van der Waals surface area contributed by atoms with Crippen LogP contribution in [-0.4, -0.2) is 56.9 Å². The number of hydrogen-bond donors (Lipinski definition) is 1. The van der Waals surface area contributed by atoms with Gasteiger partial charge in [0.1, 0.15) is 5.82 Å². The first-order chi connectivity index (χ1) is 16.2. The Bertz CT molecular complexity index is 1140. The monoisotopic (exact) mass is 492 g/mol. The summed E-state index contributed by atoms with van der Waals surface area (Å²) < 4.78 is 49.7. The second-order valence-electron chi connectivity index (χ2n) is 7.55. The SMILES string of the molecule is CCOC(=O)c1ccccc1NC(=O)COC(=O)C1CCN(S(=O)(=O)c2ccc(F)cc2)CC1. The Kier molecular flexibility index (Phi) is 8.35. The molecule has 1 aliphatic heterocycles. The molecule has 0 aliphatic carbocycles. The molecular formula is C23H25FN2O7S. The van der Waals surface area contributed by atoms with E-state index in [0.717, 1.165) is 12.1 Å². The second kappa shape index (κ2) is 11.2. The zero-order valence-electron chi connectivity index (χ0n) is 18.5. The van der Waals surface area contributed by atoms with Crippen molar-refractivity contribution in [1.29, 1.82) is 0 Å². The van der Waals surface area contributed by atoms with Gasteiger partial charge in [0.2, 0.25) is 10.0 Å². The molecule has 1 saturated heterocycles. The highest BCUT2D eigenvalue weighted by Crippen LogP contribution is 2.25. The Morgan fingerprint density at radius 1 is 1.03 bits per heavy atom. The number of anilines is 1. The maximum Gasteiger partial charge on any atom is 0.340 e. The van der Waals surface area contributed by atoms with Gasteiger partial charge in [-0.05, 0) is 56.2 Å². The standard InChI is InChI=1S/C23H25FN2O7S/c1-2-32-23(29)19-5-3-4-6-20(19)25-21(27)15-33-22(28)16-11-13-26(14-12-16)34(30,31)18-9-7-17(24)8-10-18/h3-10,16H,2,11-15H2,1H3,(H,25,27). The molecule has 0 atom stereocenters. The number of nitrogens with one attached hydrogen (secondary N) is 1. The molecule has 11 heteroatoms. The number of amides is 1. The fraction of sp³-hybridized carbons (Fsp3) is 0.348. The van der Waals surface area contributed by atoms with Crippen LogP contribution in [0, 0.1) is 11.7 Å². The third-order valence-corrected chi connectivity index (χ3v) is 7.19. The lowest BCUT2D eigenvalue weighted by Gasteiger charge is -2.30. The van der Waals surface area contributed by atoms with Crippen LogP contribution in [0.5, 0.6) is 0 Å². The van der Waals surface area contributed by atoms with Gasteiger partial charge < -0.3 is 14.8 Å². The predicted octanol–water partition coefficient (Wildman–Crippen LogP) is 2.59. The van der Waals surface area contributed by atoms with Crippen molar-refractivity contribution in [3.8, 4) is 0 Å². The van der Waals surface area contributed by atoms with Crippen molar-refractivity contribution in [2.24, 2.45) is 5.92 Å². The van der Waals surface area contributed by atoms with Crippen LogP contribution in [0.2, 0.25) is 0 Å². The number of nitrogens with zero attached hydrogens (tertiary/aromatic N) is 1. The summed E-state index contributed by atoms with van der Waals surface area (Å²) in [5.41, 5.74) is 0.417. The van der Waals surface area contributed by atoms with Gasteiger partial charge in [0, 0.05) is 13.1 Å². The van der Waals surface area contributed by atoms with E-state index < -0.39 is 46.2 Å². The van der Waals surface area contributed by atoms with E-state index in [2.05, 4.69) is 5.32 Å². The van der Waals surface area contributed by atoms with E-state index in [0.29, 0.717) is 0 Å². The molecule has 0 bridgehead atoms. The molecule has 0 unspecified atom stereocenters. The molecule has 1 N–H and O–H groups in total. The number of piperidine rings is 1. The van der Waals surface area contributed by atoms with Crippen LogP contribution in [0.1, 0.15) is 30.1 Å². The Hall–Kier alpha value is -3.31. The van der Waals surface area contributed by atoms with Gasteiger partial charge in [0.15, 0.2) is 6.61 Å². The number of hydrogen-bond acceptors (Lipinski definition) is 7. The molecule has 0 saturated carbocycles. The van der Waals surface area contributed by atoms with E-state index in [1.165, 1.54) is 28.6 Å². The van der Waals surface area contributed by atoms with E-state index in [1.807, 2.05) is 0 Å². The molecule has 34 heavy (non-hydrogen) atoms. The summed E-state index contributed by atoms with van der Waals surface area (Å²) in [6.45, 7) is 1.49. The highest BCUT2D eigenvalue weighted by molar-refractivity contribution is 7.89. The van der Waals surface area contributed by atoms with E-state index in [-0.39, 0.29) is 48.7 Å². The van der Waals surface area contributed by atoms with E-state index in [4.69, 9.17) is 9.47 Å². The molecule has 2 aromatic carbocycles. The summed E-state index contributed by atoms with van der Waals surface area (Å²) in [6.07, 6.45) is 0.457. The summed E-state index contributed by atoms with van der Waals surface area (Å²) in [4.78, 5) is 36.6. The Labute approximate surface area is 196 Å². The molecule has 9 nitrogen and oxygen atoms in total. The van der Waals surface area contributed by atoms with Gasteiger partial charge >= 0.3 is 11.9 Å². The van der Waals surface area contributed by atoms with Crippen molar-refractivity contribution in [1.82, 2.24) is 4.31 Å². The summed E-state index contributed by atoms with van der Waals surface area (Å²) >= 11 is 0. The largest absolute Gasteiger partial charge is 0.462 e. The highest BCUT2D eigenvalue weighted by atomic mass is 32.2. The van der Waals surface area contributed by atoms with Crippen LogP contribution < -0.4 is 5.32 Å². The molecule has 0 radical (unpaired) electrons. The van der Waals surface area contributed by atoms with Gasteiger partial charge in [-0.1, -0.05) is 12.1 Å². The molecular weight excluding hydrogens is 467 g/mol. The summed E-state index contributed by atoms with van der Waals surface area (Å²) in [7, 11) is -3.79. The smallest absolute Gasteiger partial charge is 0.340 e. The minimum absolute atomic E-state index is 0.0188. The Balaban J connectivity index is 1.50. The first-order valence-electron chi connectivity index (χ1n) is 10.7. The number of halogens is 1. The molecule has 2 aromatic rings. The number of carbonyl (C=O) groups excluding carboxylic acids is 3. The number of esters is 2. The minimum atomic E-state index is -3.79. The van der Waals surface area contributed by atoms with Crippen LogP contribution in [0.4, 0.5) is 10.1 Å². The van der Waals surface area contributed by atoms with Crippen LogP contribution in [0.25, 0.3) is 0 Å². The number of benzene rings is 2. The molecule has 0 aromatic heterocycles. The molecule has 1 amide bonds. The first kappa shape index (κ1) is 25.3. The normalized spacial score (nSPS) is 14.9. The number of ether oxygens (including phenoxy) is 2. The predicted molar refractivity (Wildman–Crippen MR) is 120 cm³/mol. The van der Waals surface area contributed by atoms with Crippen molar-refractivity contribution in [2.45, 2.75) is 24.7 Å². The fourth-order valence-corrected chi connectivity index (χ4v) is 4.98. The lowest BCUT2D eigenvalue weighted by molar-refractivity contribution is -0.152. The van der Waals surface area contributed by atoms with Crippen molar-refractivity contribution >= 4 is 33.6 Å². The van der Waals surface area contributed by atoms with Gasteiger partial charge in [-0.2, -0.15) is 4.31 Å². The van der Waals surface area contributed by atoms with Gasteiger partial charge in [-0.25, -0.2) is 17.6 Å². The quantitative estimate of drug-likeness (QED) is 0.563. The molecule has 0 spiro atoms. The van der Waals surface area contributed by atoms with Crippen LogP contribution >= 0.6 is 0 Å². The average molecular weight is 493 g/mol. The number of para-hydroxylation sites is 1. The van der Waals surface area contributed by atoms with Crippen molar-refractivity contribution in [3.63, 3.8) is 0 Å². The third-order valence-electron chi connectivity index (χ3n) is 5.28. The van der Waals surface area contributed by atoms with Gasteiger partial charge in [-0.3, -0.25) is 9.59 Å². The lowest BCUT2D eigenvalue weighted by Crippen LogP contribution is -2.40. The van der Waals surface area contributed by atoms with Gasteiger partial charge in [-0.15, -0.1) is 0 Å². The highest BCUT2D eigenvalue weighted by Gasteiger charge is 2.33.